The first kappa shape index (κ1) is 18.2. The minimum atomic E-state index is -2.90. The van der Waals surface area contributed by atoms with E-state index in [1.165, 1.54) is 12.8 Å². The average molecular weight is 312 g/mol. The number of benzene rings is 1. The van der Waals surface area contributed by atoms with Crippen LogP contribution < -0.4 is 0 Å². The molecule has 1 aliphatic rings. The van der Waals surface area contributed by atoms with Crippen molar-refractivity contribution in [3.05, 3.63) is 23.8 Å². The van der Waals surface area contributed by atoms with E-state index in [1.54, 1.807) is 12.1 Å². The van der Waals surface area contributed by atoms with Crippen LogP contribution in [0.4, 0.5) is 0 Å². The lowest BCUT2D eigenvalue weighted by Gasteiger charge is -2.18. The highest BCUT2D eigenvalue weighted by Gasteiger charge is 2.38. The summed E-state index contributed by atoms with van der Waals surface area (Å²) in [4.78, 5) is 1.01. The van der Waals surface area contributed by atoms with E-state index in [9.17, 15) is 8.42 Å². The minimum absolute atomic E-state index is 0.352. The number of aryl methyl sites for hydroxylation is 1. The molecular formula is C17H28O3S. The lowest BCUT2D eigenvalue weighted by atomic mass is 9.89. The third-order valence-corrected chi connectivity index (χ3v) is 5.58. The van der Waals surface area contributed by atoms with Crippen LogP contribution in [-0.2, 0) is 9.84 Å². The Balaban J connectivity index is 0.000000210. The SMILES string of the molecule is CC(C)CCC(CO)C(C)C.Cc1ccc2c(c1)S2(=O)=O. The van der Waals surface area contributed by atoms with Gasteiger partial charge in [0.15, 0.2) is 0 Å². The summed E-state index contributed by atoms with van der Waals surface area (Å²) < 4.78 is 21.8. The van der Waals surface area contributed by atoms with Gasteiger partial charge in [-0.1, -0.05) is 40.2 Å². The average Bonchev–Trinajstić information content (AvgIpc) is 2.91. The molecule has 1 unspecified atom stereocenters. The number of aliphatic hydroxyl groups is 1. The molecule has 0 radical (unpaired) electrons. The Morgan fingerprint density at radius 2 is 1.67 bits per heavy atom. The van der Waals surface area contributed by atoms with Gasteiger partial charge in [-0.3, -0.25) is 0 Å². The smallest absolute Gasteiger partial charge is 0.209 e. The standard InChI is InChI=1S/C10H22O.C7H6O2S/c1-8(2)5-6-10(7-11)9(3)4;1-5-2-3-6-7(4-5)10(6,8)9/h8-11H,5-7H2,1-4H3;2-4H,1H3. The fraction of sp³-hybridized carbons (Fsp3) is 0.647. The normalized spacial score (nSPS) is 16.2. The van der Waals surface area contributed by atoms with E-state index >= 15 is 0 Å². The molecule has 0 spiro atoms. The number of hydrogen-bond donors (Lipinski definition) is 1. The molecule has 3 nitrogen and oxygen atoms in total. The minimum Gasteiger partial charge on any atom is -0.396 e. The maximum atomic E-state index is 10.9. The molecule has 1 aromatic rings. The van der Waals surface area contributed by atoms with Gasteiger partial charge in [-0.05, 0) is 48.8 Å². The second-order valence-corrected chi connectivity index (χ2v) is 8.50. The van der Waals surface area contributed by atoms with Crippen LogP contribution in [0.2, 0.25) is 0 Å². The third kappa shape index (κ3) is 5.11. The van der Waals surface area contributed by atoms with Crippen molar-refractivity contribution in [2.24, 2.45) is 17.8 Å². The summed E-state index contributed by atoms with van der Waals surface area (Å²) in [6.45, 7) is 11.1. The molecule has 120 valence electrons. The van der Waals surface area contributed by atoms with Crippen LogP contribution >= 0.6 is 0 Å². The Bertz CT molecular complexity index is 559. The van der Waals surface area contributed by atoms with Gasteiger partial charge in [0.05, 0.1) is 9.79 Å². The van der Waals surface area contributed by atoms with Crippen molar-refractivity contribution in [1.29, 1.82) is 0 Å². The van der Waals surface area contributed by atoms with Crippen molar-refractivity contribution in [3.8, 4) is 0 Å². The molecule has 2 rings (SSSR count). The number of sulfone groups is 1. The molecule has 1 atom stereocenters. The van der Waals surface area contributed by atoms with Crippen LogP contribution in [0.15, 0.2) is 28.0 Å². The molecule has 0 saturated carbocycles. The molecule has 0 amide bonds. The van der Waals surface area contributed by atoms with Crippen LogP contribution in [-0.4, -0.2) is 20.1 Å². The first-order valence-corrected chi connectivity index (χ1v) is 9.15. The first-order valence-electron chi connectivity index (χ1n) is 7.66. The summed E-state index contributed by atoms with van der Waals surface area (Å²) in [5, 5.41) is 9.01. The van der Waals surface area contributed by atoms with E-state index in [2.05, 4.69) is 27.7 Å². The van der Waals surface area contributed by atoms with Crippen molar-refractivity contribution >= 4 is 9.84 Å². The summed E-state index contributed by atoms with van der Waals surface area (Å²) in [5.41, 5.74) is 1.000. The van der Waals surface area contributed by atoms with Crippen LogP contribution in [0.3, 0.4) is 0 Å². The van der Waals surface area contributed by atoms with E-state index in [0.29, 0.717) is 28.2 Å². The van der Waals surface area contributed by atoms with Crippen molar-refractivity contribution in [1.82, 2.24) is 0 Å². The Morgan fingerprint density at radius 3 is 2.05 bits per heavy atom. The largest absolute Gasteiger partial charge is 0.396 e. The van der Waals surface area contributed by atoms with E-state index < -0.39 is 9.84 Å². The van der Waals surface area contributed by atoms with Gasteiger partial charge in [0, 0.05) is 6.61 Å². The van der Waals surface area contributed by atoms with Crippen LogP contribution in [0.1, 0.15) is 46.1 Å². The summed E-state index contributed by atoms with van der Waals surface area (Å²) >= 11 is 0. The van der Waals surface area contributed by atoms with E-state index in [1.807, 2.05) is 13.0 Å². The van der Waals surface area contributed by atoms with Gasteiger partial charge in [0.2, 0.25) is 9.84 Å². The van der Waals surface area contributed by atoms with Gasteiger partial charge >= 0.3 is 0 Å². The molecule has 1 heterocycles. The predicted molar refractivity (Wildman–Crippen MR) is 86.1 cm³/mol. The summed E-state index contributed by atoms with van der Waals surface area (Å²) in [7, 11) is -2.90. The highest BCUT2D eigenvalue weighted by molar-refractivity contribution is 7.97. The molecule has 4 heteroatoms. The molecule has 0 fully saturated rings. The second-order valence-electron chi connectivity index (χ2n) is 6.61. The zero-order valence-corrected chi connectivity index (χ0v) is 14.6. The zero-order valence-electron chi connectivity index (χ0n) is 13.8. The third-order valence-electron chi connectivity index (χ3n) is 3.93. The van der Waals surface area contributed by atoms with Gasteiger partial charge in [0.1, 0.15) is 0 Å². The topological polar surface area (TPSA) is 54.4 Å². The van der Waals surface area contributed by atoms with Crippen LogP contribution in [0.5, 0.6) is 0 Å². The molecule has 0 aromatic heterocycles. The Hall–Kier alpha value is -0.870. The lowest BCUT2D eigenvalue weighted by Crippen LogP contribution is -2.13. The molecule has 0 saturated heterocycles. The molecule has 1 aliphatic heterocycles. The number of hydrogen-bond acceptors (Lipinski definition) is 3. The monoisotopic (exact) mass is 312 g/mol. The van der Waals surface area contributed by atoms with Crippen molar-refractivity contribution in [3.63, 3.8) is 0 Å². The van der Waals surface area contributed by atoms with Gasteiger partial charge < -0.3 is 5.11 Å². The number of rotatable bonds is 5. The predicted octanol–water partition coefficient (Wildman–Crippen LogP) is 3.83. The van der Waals surface area contributed by atoms with Crippen molar-refractivity contribution < 1.29 is 13.5 Å². The molecule has 1 aromatic carbocycles. The lowest BCUT2D eigenvalue weighted by molar-refractivity contribution is 0.175. The van der Waals surface area contributed by atoms with Gasteiger partial charge in [-0.2, -0.15) is 0 Å². The summed E-state index contributed by atoms with van der Waals surface area (Å²) in [5.74, 6) is 1.90. The molecule has 0 bridgehead atoms. The Kier molecular flexibility index (Phi) is 6.41. The maximum Gasteiger partial charge on any atom is 0.209 e. The van der Waals surface area contributed by atoms with Crippen molar-refractivity contribution in [2.75, 3.05) is 6.61 Å². The Morgan fingerprint density at radius 1 is 1.05 bits per heavy atom. The summed E-state index contributed by atoms with van der Waals surface area (Å²) in [6, 6.07) is 5.16. The van der Waals surface area contributed by atoms with Gasteiger partial charge in [0.25, 0.3) is 0 Å². The second kappa shape index (κ2) is 7.41. The number of fused-ring (bicyclic) bond motifs is 1. The summed E-state index contributed by atoms with van der Waals surface area (Å²) in [6.07, 6.45) is 2.41. The first-order chi connectivity index (χ1) is 9.70. The quantitative estimate of drug-likeness (QED) is 0.854. The molecule has 1 N–H and O–H groups in total. The number of aliphatic hydroxyl groups excluding tert-OH is 1. The highest BCUT2D eigenvalue weighted by Crippen LogP contribution is 2.40. The molecular weight excluding hydrogens is 284 g/mol. The van der Waals surface area contributed by atoms with Crippen molar-refractivity contribution in [2.45, 2.75) is 57.3 Å². The van der Waals surface area contributed by atoms with E-state index in [0.717, 1.165) is 11.5 Å². The fourth-order valence-corrected chi connectivity index (χ4v) is 3.55. The van der Waals surface area contributed by atoms with Crippen LogP contribution in [0, 0.1) is 24.7 Å². The van der Waals surface area contributed by atoms with Crippen LogP contribution in [0.25, 0.3) is 0 Å². The van der Waals surface area contributed by atoms with Gasteiger partial charge in [-0.25, -0.2) is 8.42 Å². The fourth-order valence-electron chi connectivity index (χ4n) is 2.19. The maximum absolute atomic E-state index is 10.9. The Labute approximate surface area is 129 Å². The molecule has 0 aliphatic carbocycles. The highest BCUT2D eigenvalue weighted by atomic mass is 32.2. The van der Waals surface area contributed by atoms with E-state index in [-0.39, 0.29) is 0 Å². The van der Waals surface area contributed by atoms with E-state index in [4.69, 9.17) is 5.11 Å². The zero-order chi connectivity index (χ0) is 16.2. The molecule has 21 heavy (non-hydrogen) atoms. The van der Waals surface area contributed by atoms with Gasteiger partial charge in [-0.15, -0.1) is 0 Å².